The number of aryl methyl sites for hydroxylation is 2. The first-order valence-corrected chi connectivity index (χ1v) is 9.12. The van der Waals surface area contributed by atoms with Gasteiger partial charge in [0.1, 0.15) is 11.3 Å². The van der Waals surface area contributed by atoms with Gasteiger partial charge in [-0.1, -0.05) is 60.6 Å². The number of amides is 1. The second-order valence-electron chi connectivity index (χ2n) is 6.36. The monoisotopic (exact) mass is 378 g/mol. The minimum absolute atomic E-state index is 0.291. The molecule has 0 radical (unpaired) electrons. The summed E-state index contributed by atoms with van der Waals surface area (Å²) in [5.74, 6) is -0.625. The average molecular weight is 378 g/mol. The molecule has 0 aliphatic carbocycles. The third-order valence-corrected chi connectivity index (χ3v) is 4.34. The van der Waals surface area contributed by atoms with Gasteiger partial charge >= 0.3 is 5.97 Å². The van der Waals surface area contributed by atoms with Gasteiger partial charge in [-0.2, -0.15) is 0 Å². The zero-order chi connectivity index (χ0) is 19.9. The van der Waals surface area contributed by atoms with Crippen LogP contribution in [0.4, 0.5) is 5.69 Å². The van der Waals surface area contributed by atoms with Crippen LogP contribution in [0.2, 0.25) is 0 Å². The summed E-state index contributed by atoms with van der Waals surface area (Å²) in [6, 6.07) is 17.6. The molecule has 0 atom stereocenters. The van der Waals surface area contributed by atoms with Crippen LogP contribution in [0.15, 0.2) is 59.1 Å². The van der Waals surface area contributed by atoms with E-state index in [2.05, 4.69) is 10.5 Å². The van der Waals surface area contributed by atoms with Crippen molar-refractivity contribution in [2.75, 3.05) is 11.9 Å². The molecule has 0 saturated heterocycles. The van der Waals surface area contributed by atoms with Crippen LogP contribution in [0.5, 0.6) is 0 Å². The molecule has 3 rings (SSSR count). The highest BCUT2D eigenvalue weighted by molar-refractivity contribution is 5.96. The fraction of sp³-hybridized carbons (Fsp3) is 0.227. The summed E-state index contributed by atoms with van der Waals surface area (Å²) in [6.07, 6.45) is 1.23. The quantitative estimate of drug-likeness (QED) is 0.630. The number of anilines is 1. The Balaban J connectivity index is 1.62. The summed E-state index contributed by atoms with van der Waals surface area (Å²) in [5, 5.41) is 6.64. The van der Waals surface area contributed by atoms with Crippen molar-refractivity contribution in [2.24, 2.45) is 0 Å². The SMILES string of the molecule is CCc1noc(C)c1C(=O)OCC(=O)Nc1ccccc1Cc1ccccc1. The number of nitrogens with one attached hydrogen (secondary N) is 1. The molecule has 3 aromatic rings. The van der Waals surface area contributed by atoms with Crippen LogP contribution < -0.4 is 5.32 Å². The maximum absolute atomic E-state index is 12.3. The van der Waals surface area contributed by atoms with Gasteiger partial charge in [0, 0.05) is 5.69 Å². The van der Waals surface area contributed by atoms with E-state index >= 15 is 0 Å². The van der Waals surface area contributed by atoms with E-state index in [1.807, 2.05) is 61.5 Å². The largest absolute Gasteiger partial charge is 0.452 e. The molecule has 0 spiro atoms. The number of carbonyl (C=O) groups excluding carboxylic acids is 2. The Bertz CT molecular complexity index is 964. The van der Waals surface area contributed by atoms with Crippen molar-refractivity contribution in [3.63, 3.8) is 0 Å². The minimum atomic E-state index is -0.608. The molecule has 1 heterocycles. The minimum Gasteiger partial charge on any atom is -0.452 e. The summed E-state index contributed by atoms with van der Waals surface area (Å²) in [6.45, 7) is 3.12. The third-order valence-electron chi connectivity index (χ3n) is 4.34. The Morgan fingerprint density at radius 3 is 2.54 bits per heavy atom. The van der Waals surface area contributed by atoms with Gasteiger partial charge in [0.15, 0.2) is 6.61 Å². The third kappa shape index (κ3) is 4.65. The molecule has 144 valence electrons. The molecule has 6 heteroatoms. The molecule has 0 saturated carbocycles. The summed E-state index contributed by atoms with van der Waals surface area (Å²) in [4.78, 5) is 24.6. The van der Waals surface area contributed by atoms with Crippen molar-refractivity contribution in [1.29, 1.82) is 0 Å². The topological polar surface area (TPSA) is 81.4 Å². The number of esters is 1. The Hall–Kier alpha value is -3.41. The molecular weight excluding hydrogens is 356 g/mol. The van der Waals surface area contributed by atoms with Crippen LogP contribution in [-0.4, -0.2) is 23.6 Å². The van der Waals surface area contributed by atoms with E-state index in [0.717, 1.165) is 11.1 Å². The standard InChI is InChI=1S/C22H22N2O4/c1-3-18-21(15(2)28-24-18)22(26)27-14-20(25)23-19-12-8-7-11-17(19)13-16-9-5-4-6-10-16/h4-12H,3,13-14H2,1-2H3,(H,23,25). The predicted octanol–water partition coefficient (Wildman–Crippen LogP) is 3.93. The first kappa shape index (κ1) is 19.4. The predicted molar refractivity (Wildman–Crippen MR) is 105 cm³/mol. The van der Waals surface area contributed by atoms with Crippen LogP contribution in [0.3, 0.4) is 0 Å². The Morgan fingerprint density at radius 1 is 1.07 bits per heavy atom. The van der Waals surface area contributed by atoms with Gasteiger partial charge in [-0.05, 0) is 37.0 Å². The van der Waals surface area contributed by atoms with E-state index in [0.29, 0.717) is 35.5 Å². The van der Waals surface area contributed by atoms with Crippen molar-refractivity contribution in [3.8, 4) is 0 Å². The van der Waals surface area contributed by atoms with Crippen molar-refractivity contribution in [1.82, 2.24) is 5.16 Å². The lowest BCUT2D eigenvalue weighted by atomic mass is 10.0. The lowest BCUT2D eigenvalue weighted by Gasteiger charge is -2.11. The fourth-order valence-corrected chi connectivity index (χ4v) is 2.92. The molecule has 0 fully saturated rings. The van der Waals surface area contributed by atoms with Crippen molar-refractivity contribution >= 4 is 17.6 Å². The van der Waals surface area contributed by atoms with Gasteiger partial charge in [0.2, 0.25) is 0 Å². The van der Waals surface area contributed by atoms with E-state index < -0.39 is 11.9 Å². The van der Waals surface area contributed by atoms with E-state index in [9.17, 15) is 9.59 Å². The molecule has 0 unspecified atom stereocenters. The molecule has 1 amide bonds. The number of rotatable bonds is 7. The number of hydrogen-bond acceptors (Lipinski definition) is 5. The zero-order valence-corrected chi connectivity index (χ0v) is 15.9. The molecule has 0 aliphatic rings. The number of benzene rings is 2. The number of ether oxygens (including phenoxy) is 1. The Labute approximate surface area is 163 Å². The van der Waals surface area contributed by atoms with Crippen LogP contribution in [-0.2, 0) is 22.4 Å². The Kier molecular flexibility index (Phi) is 6.22. The molecule has 6 nitrogen and oxygen atoms in total. The van der Waals surface area contributed by atoms with Gasteiger partial charge in [-0.25, -0.2) is 4.79 Å². The number of hydrogen-bond donors (Lipinski definition) is 1. The summed E-state index contributed by atoms with van der Waals surface area (Å²) in [5.41, 5.74) is 3.64. The van der Waals surface area contributed by atoms with Crippen LogP contribution in [0.1, 0.15) is 39.9 Å². The molecular formula is C22H22N2O4. The van der Waals surface area contributed by atoms with E-state index in [4.69, 9.17) is 9.26 Å². The second kappa shape index (κ2) is 8.99. The first-order chi connectivity index (χ1) is 13.6. The number of para-hydroxylation sites is 1. The van der Waals surface area contributed by atoms with E-state index in [1.54, 1.807) is 6.92 Å². The Morgan fingerprint density at radius 2 is 1.79 bits per heavy atom. The highest BCUT2D eigenvalue weighted by Gasteiger charge is 2.21. The summed E-state index contributed by atoms with van der Waals surface area (Å²) in [7, 11) is 0. The van der Waals surface area contributed by atoms with Crippen LogP contribution >= 0.6 is 0 Å². The molecule has 1 aromatic heterocycles. The maximum Gasteiger partial charge on any atom is 0.344 e. The van der Waals surface area contributed by atoms with Crippen molar-refractivity contribution < 1.29 is 18.8 Å². The fourth-order valence-electron chi connectivity index (χ4n) is 2.92. The summed E-state index contributed by atoms with van der Waals surface area (Å²) >= 11 is 0. The number of carbonyl (C=O) groups is 2. The lowest BCUT2D eigenvalue weighted by Crippen LogP contribution is -2.22. The highest BCUT2D eigenvalue weighted by Crippen LogP contribution is 2.19. The van der Waals surface area contributed by atoms with E-state index in [-0.39, 0.29) is 6.61 Å². The van der Waals surface area contributed by atoms with Gasteiger partial charge in [-0.3, -0.25) is 4.79 Å². The molecule has 1 N–H and O–H groups in total. The number of aromatic nitrogens is 1. The smallest absolute Gasteiger partial charge is 0.344 e. The normalized spacial score (nSPS) is 10.5. The van der Waals surface area contributed by atoms with Crippen LogP contribution in [0.25, 0.3) is 0 Å². The van der Waals surface area contributed by atoms with E-state index in [1.165, 1.54) is 0 Å². The maximum atomic E-state index is 12.3. The van der Waals surface area contributed by atoms with Gasteiger partial charge < -0.3 is 14.6 Å². The van der Waals surface area contributed by atoms with Crippen molar-refractivity contribution in [2.45, 2.75) is 26.7 Å². The molecule has 0 aliphatic heterocycles. The van der Waals surface area contributed by atoms with Crippen molar-refractivity contribution in [3.05, 3.63) is 82.7 Å². The lowest BCUT2D eigenvalue weighted by molar-refractivity contribution is -0.119. The van der Waals surface area contributed by atoms with Gasteiger partial charge in [-0.15, -0.1) is 0 Å². The second-order valence-corrected chi connectivity index (χ2v) is 6.36. The highest BCUT2D eigenvalue weighted by atomic mass is 16.5. The molecule has 2 aromatic carbocycles. The first-order valence-electron chi connectivity index (χ1n) is 9.12. The zero-order valence-electron chi connectivity index (χ0n) is 15.9. The van der Waals surface area contributed by atoms with Gasteiger partial charge in [0.05, 0.1) is 5.69 Å². The number of nitrogens with zero attached hydrogens (tertiary/aromatic N) is 1. The van der Waals surface area contributed by atoms with Crippen LogP contribution in [0, 0.1) is 6.92 Å². The molecule has 28 heavy (non-hydrogen) atoms. The molecule has 0 bridgehead atoms. The average Bonchev–Trinajstić information content (AvgIpc) is 3.09. The van der Waals surface area contributed by atoms with Gasteiger partial charge in [0.25, 0.3) is 5.91 Å². The summed E-state index contributed by atoms with van der Waals surface area (Å²) < 4.78 is 10.2.